The second kappa shape index (κ2) is 6.70. The van der Waals surface area contributed by atoms with Crippen LogP contribution in [-0.4, -0.2) is 13.2 Å². The van der Waals surface area contributed by atoms with Gasteiger partial charge in [0, 0.05) is 0 Å². The molecule has 4 nitrogen and oxygen atoms in total. The van der Waals surface area contributed by atoms with Crippen molar-refractivity contribution in [2.24, 2.45) is 0 Å². The highest BCUT2D eigenvalue weighted by Crippen LogP contribution is 2.60. The first kappa shape index (κ1) is 14.9. The van der Waals surface area contributed by atoms with E-state index in [1.54, 1.807) is 38.1 Å². The average molecular weight is 267 g/mol. The Kier molecular flexibility index (Phi) is 5.55. The SMILES string of the molecule is CCOP(=O)(OCC)C(C)c1ccc(C#N)cc1. The molecule has 0 N–H and O–H groups in total. The summed E-state index contributed by atoms with van der Waals surface area (Å²) < 4.78 is 23.2. The van der Waals surface area contributed by atoms with Crippen molar-refractivity contribution in [2.75, 3.05) is 13.2 Å². The van der Waals surface area contributed by atoms with Gasteiger partial charge in [0.05, 0.1) is 30.5 Å². The van der Waals surface area contributed by atoms with Crippen LogP contribution in [0, 0.1) is 11.3 Å². The Hall–Kier alpha value is -1.14. The zero-order valence-corrected chi connectivity index (χ0v) is 11.8. The molecule has 0 saturated heterocycles. The lowest BCUT2D eigenvalue weighted by atomic mass is 10.1. The molecule has 0 fully saturated rings. The van der Waals surface area contributed by atoms with Crippen molar-refractivity contribution in [3.8, 4) is 6.07 Å². The molecule has 98 valence electrons. The largest absolute Gasteiger partial charge is 0.337 e. The number of rotatable bonds is 6. The summed E-state index contributed by atoms with van der Waals surface area (Å²) in [7, 11) is -3.14. The first-order valence-corrected chi connectivity index (χ1v) is 7.57. The van der Waals surface area contributed by atoms with Crippen LogP contribution in [-0.2, 0) is 13.6 Å². The zero-order valence-electron chi connectivity index (χ0n) is 10.9. The molecule has 0 aliphatic heterocycles. The van der Waals surface area contributed by atoms with Gasteiger partial charge in [-0.1, -0.05) is 12.1 Å². The van der Waals surface area contributed by atoms with Crippen LogP contribution in [0.5, 0.6) is 0 Å². The summed E-state index contributed by atoms with van der Waals surface area (Å²) in [6, 6.07) is 9.03. The van der Waals surface area contributed by atoms with Crippen LogP contribution < -0.4 is 0 Å². The van der Waals surface area contributed by atoms with E-state index in [9.17, 15) is 4.57 Å². The van der Waals surface area contributed by atoms with E-state index in [0.717, 1.165) is 5.56 Å². The Balaban J connectivity index is 2.98. The lowest BCUT2D eigenvalue weighted by molar-refractivity contribution is 0.213. The summed E-state index contributed by atoms with van der Waals surface area (Å²) in [6.07, 6.45) is 0. The summed E-state index contributed by atoms with van der Waals surface area (Å²) in [6.45, 7) is 6.08. The summed E-state index contributed by atoms with van der Waals surface area (Å²) in [4.78, 5) is 0. The van der Waals surface area contributed by atoms with E-state index in [-0.39, 0.29) is 5.66 Å². The van der Waals surface area contributed by atoms with Gasteiger partial charge in [-0.15, -0.1) is 0 Å². The second-order valence-electron chi connectivity index (χ2n) is 3.79. The van der Waals surface area contributed by atoms with Gasteiger partial charge < -0.3 is 9.05 Å². The van der Waals surface area contributed by atoms with Crippen molar-refractivity contribution in [2.45, 2.75) is 26.4 Å². The molecule has 1 aromatic carbocycles. The van der Waals surface area contributed by atoms with E-state index in [1.807, 2.05) is 6.92 Å². The summed E-state index contributed by atoms with van der Waals surface area (Å²) in [5.74, 6) is 0. The Morgan fingerprint density at radius 1 is 1.22 bits per heavy atom. The predicted octanol–water partition coefficient (Wildman–Crippen LogP) is 3.89. The molecule has 1 rings (SSSR count). The number of nitrogens with zero attached hydrogens (tertiary/aromatic N) is 1. The van der Waals surface area contributed by atoms with Crippen molar-refractivity contribution in [1.29, 1.82) is 5.26 Å². The van der Waals surface area contributed by atoms with Crippen LogP contribution in [0.25, 0.3) is 0 Å². The molecule has 0 saturated carbocycles. The molecule has 0 amide bonds. The molecule has 0 heterocycles. The van der Waals surface area contributed by atoms with Crippen LogP contribution in [0.2, 0.25) is 0 Å². The standard InChI is InChI=1S/C13H18NO3P/c1-4-16-18(15,17-5-2)11(3)13-8-6-12(10-14)7-9-13/h6-9,11H,4-5H2,1-3H3. The highest BCUT2D eigenvalue weighted by atomic mass is 31.2. The molecule has 5 heteroatoms. The number of benzene rings is 1. The maximum atomic E-state index is 12.6. The van der Waals surface area contributed by atoms with Gasteiger partial charge in [-0.2, -0.15) is 5.26 Å². The molecule has 1 aromatic rings. The maximum Gasteiger partial charge on any atom is 0.337 e. The number of hydrogen-bond acceptors (Lipinski definition) is 4. The number of hydrogen-bond donors (Lipinski definition) is 0. The molecule has 0 radical (unpaired) electrons. The molecule has 0 spiro atoms. The van der Waals surface area contributed by atoms with E-state index in [4.69, 9.17) is 14.3 Å². The van der Waals surface area contributed by atoms with Crippen LogP contribution in [0.1, 0.15) is 37.6 Å². The molecule has 0 aliphatic carbocycles. The molecule has 18 heavy (non-hydrogen) atoms. The first-order chi connectivity index (χ1) is 8.57. The van der Waals surface area contributed by atoms with Gasteiger partial charge in [0.2, 0.25) is 0 Å². The number of nitriles is 1. The summed E-state index contributed by atoms with van der Waals surface area (Å²) in [5.41, 5.74) is 1.08. The zero-order chi connectivity index (χ0) is 13.6. The van der Waals surface area contributed by atoms with Gasteiger partial charge in [-0.05, 0) is 38.5 Å². The van der Waals surface area contributed by atoms with Gasteiger partial charge in [0.15, 0.2) is 0 Å². The van der Waals surface area contributed by atoms with Crippen LogP contribution in [0.3, 0.4) is 0 Å². The van der Waals surface area contributed by atoms with Gasteiger partial charge in [0.25, 0.3) is 0 Å². The smallest absolute Gasteiger partial charge is 0.308 e. The fourth-order valence-corrected chi connectivity index (χ4v) is 3.42. The topological polar surface area (TPSA) is 59.3 Å². The third-order valence-corrected chi connectivity index (χ3v) is 5.10. The highest BCUT2D eigenvalue weighted by molar-refractivity contribution is 7.54. The van der Waals surface area contributed by atoms with Gasteiger partial charge in [-0.25, -0.2) is 0 Å². The van der Waals surface area contributed by atoms with Crippen LogP contribution in [0.15, 0.2) is 24.3 Å². The predicted molar refractivity (Wildman–Crippen MR) is 70.4 cm³/mol. The molecule has 1 unspecified atom stereocenters. The van der Waals surface area contributed by atoms with Gasteiger partial charge in [-0.3, -0.25) is 4.57 Å². The molecule has 0 bridgehead atoms. The van der Waals surface area contributed by atoms with Crippen molar-refractivity contribution < 1.29 is 13.6 Å². The van der Waals surface area contributed by atoms with Crippen LogP contribution in [0.4, 0.5) is 0 Å². The minimum absolute atomic E-state index is 0.342. The fraction of sp³-hybridized carbons (Fsp3) is 0.462. The van der Waals surface area contributed by atoms with E-state index < -0.39 is 7.60 Å². The lowest BCUT2D eigenvalue weighted by Crippen LogP contribution is -2.03. The maximum absolute atomic E-state index is 12.6. The highest BCUT2D eigenvalue weighted by Gasteiger charge is 2.32. The van der Waals surface area contributed by atoms with E-state index in [1.165, 1.54) is 0 Å². The van der Waals surface area contributed by atoms with Crippen molar-refractivity contribution >= 4 is 7.60 Å². The molecular weight excluding hydrogens is 249 g/mol. The van der Waals surface area contributed by atoms with E-state index in [0.29, 0.717) is 18.8 Å². The minimum atomic E-state index is -3.14. The Bertz CT molecular complexity index is 454. The Labute approximate surface area is 108 Å². The molecule has 0 aliphatic rings. The summed E-state index contributed by atoms with van der Waals surface area (Å²) >= 11 is 0. The van der Waals surface area contributed by atoms with Crippen LogP contribution >= 0.6 is 7.60 Å². The minimum Gasteiger partial charge on any atom is -0.308 e. The van der Waals surface area contributed by atoms with Crippen molar-refractivity contribution in [1.82, 2.24) is 0 Å². The summed E-state index contributed by atoms with van der Waals surface area (Å²) in [5, 5.41) is 8.74. The second-order valence-corrected chi connectivity index (χ2v) is 6.16. The monoisotopic (exact) mass is 267 g/mol. The third-order valence-electron chi connectivity index (χ3n) is 2.61. The van der Waals surface area contributed by atoms with Gasteiger partial charge >= 0.3 is 7.60 Å². The van der Waals surface area contributed by atoms with Crippen molar-refractivity contribution in [3.05, 3.63) is 35.4 Å². The first-order valence-electron chi connectivity index (χ1n) is 5.96. The van der Waals surface area contributed by atoms with E-state index in [2.05, 4.69) is 6.07 Å². The Morgan fingerprint density at radius 2 is 1.72 bits per heavy atom. The van der Waals surface area contributed by atoms with Gasteiger partial charge in [0.1, 0.15) is 0 Å². The average Bonchev–Trinajstić information content (AvgIpc) is 2.38. The Morgan fingerprint density at radius 3 is 2.11 bits per heavy atom. The molecule has 0 aromatic heterocycles. The lowest BCUT2D eigenvalue weighted by Gasteiger charge is -2.23. The van der Waals surface area contributed by atoms with Crippen molar-refractivity contribution in [3.63, 3.8) is 0 Å². The fourth-order valence-electron chi connectivity index (χ4n) is 1.64. The third kappa shape index (κ3) is 3.43. The molecule has 1 atom stereocenters. The molecular formula is C13H18NO3P. The van der Waals surface area contributed by atoms with E-state index >= 15 is 0 Å². The normalized spacial score (nSPS) is 13.0. The quantitative estimate of drug-likeness (QED) is 0.734.